The fourth-order valence-electron chi connectivity index (χ4n) is 3.37. The smallest absolute Gasteiger partial charge is 0.250 e. The normalized spacial score (nSPS) is 21.2. The lowest BCUT2D eigenvalue weighted by Gasteiger charge is -2.41. The predicted molar refractivity (Wildman–Crippen MR) is 90.3 cm³/mol. The Morgan fingerprint density at radius 1 is 1.13 bits per heavy atom. The van der Waals surface area contributed by atoms with Crippen LogP contribution in [0.1, 0.15) is 25.3 Å². The van der Waals surface area contributed by atoms with Crippen LogP contribution in [0.15, 0.2) is 59.5 Å². The molecule has 0 N–H and O–H groups in total. The van der Waals surface area contributed by atoms with Gasteiger partial charge in [-0.2, -0.15) is 0 Å². The highest BCUT2D eigenvalue weighted by molar-refractivity contribution is 5.76. The van der Waals surface area contributed by atoms with Crippen molar-refractivity contribution in [1.82, 2.24) is 9.47 Å². The van der Waals surface area contributed by atoms with Crippen LogP contribution in [0.5, 0.6) is 0 Å². The van der Waals surface area contributed by atoms with E-state index in [1.165, 1.54) is 16.2 Å². The SMILES string of the molecule is CC1(c2ccccc2)CCCN(C(=O)Cn2ccccc2=O)C1. The first-order valence-corrected chi connectivity index (χ1v) is 8.07. The molecule has 1 fully saturated rings. The number of likely N-dealkylation sites (tertiary alicyclic amines) is 1. The molecular weight excluding hydrogens is 288 g/mol. The second kappa shape index (κ2) is 6.41. The number of carbonyl (C=O) groups is 1. The van der Waals surface area contributed by atoms with Crippen LogP contribution in [0.25, 0.3) is 0 Å². The number of aromatic nitrogens is 1. The molecule has 1 aromatic carbocycles. The zero-order valence-electron chi connectivity index (χ0n) is 13.4. The van der Waals surface area contributed by atoms with Crippen LogP contribution in [-0.2, 0) is 16.8 Å². The van der Waals surface area contributed by atoms with E-state index in [1.807, 2.05) is 23.1 Å². The maximum absolute atomic E-state index is 12.6. The minimum atomic E-state index is -0.135. The maximum Gasteiger partial charge on any atom is 0.250 e. The van der Waals surface area contributed by atoms with Gasteiger partial charge < -0.3 is 9.47 Å². The summed E-state index contributed by atoms with van der Waals surface area (Å²) in [4.78, 5) is 26.3. The van der Waals surface area contributed by atoms with E-state index < -0.39 is 0 Å². The molecule has 0 bridgehead atoms. The summed E-state index contributed by atoms with van der Waals surface area (Å²) in [7, 11) is 0. The number of nitrogens with zero attached hydrogens (tertiary/aromatic N) is 2. The molecule has 4 heteroatoms. The second-order valence-corrected chi connectivity index (χ2v) is 6.51. The number of hydrogen-bond acceptors (Lipinski definition) is 2. The van der Waals surface area contributed by atoms with Gasteiger partial charge in [-0.1, -0.05) is 43.3 Å². The molecule has 1 aliphatic rings. The Hall–Kier alpha value is -2.36. The van der Waals surface area contributed by atoms with E-state index in [0.717, 1.165) is 19.4 Å². The minimum Gasteiger partial charge on any atom is -0.340 e. The number of rotatable bonds is 3. The Balaban J connectivity index is 1.75. The standard InChI is InChI=1S/C19H22N2O2/c1-19(16-8-3-2-4-9-16)11-7-13-21(15-19)18(23)14-20-12-6-5-10-17(20)22/h2-6,8-10,12H,7,11,13-15H2,1H3. The summed E-state index contributed by atoms with van der Waals surface area (Å²) in [6.45, 7) is 3.81. The zero-order chi connectivity index (χ0) is 16.3. The first kappa shape index (κ1) is 15.5. The Labute approximate surface area is 136 Å². The van der Waals surface area contributed by atoms with Crippen molar-refractivity contribution in [2.75, 3.05) is 13.1 Å². The van der Waals surface area contributed by atoms with Crippen LogP contribution in [0.2, 0.25) is 0 Å². The van der Waals surface area contributed by atoms with E-state index in [4.69, 9.17) is 0 Å². The van der Waals surface area contributed by atoms with Crippen molar-refractivity contribution in [1.29, 1.82) is 0 Å². The summed E-state index contributed by atoms with van der Waals surface area (Å²) >= 11 is 0. The van der Waals surface area contributed by atoms with Gasteiger partial charge in [-0.3, -0.25) is 9.59 Å². The molecule has 120 valence electrons. The van der Waals surface area contributed by atoms with E-state index in [-0.39, 0.29) is 23.4 Å². The number of pyridine rings is 1. The first-order valence-electron chi connectivity index (χ1n) is 8.07. The highest BCUT2D eigenvalue weighted by Gasteiger charge is 2.34. The third kappa shape index (κ3) is 3.36. The lowest BCUT2D eigenvalue weighted by molar-refractivity contribution is -0.134. The molecule has 1 aliphatic heterocycles. The maximum atomic E-state index is 12.6. The fraction of sp³-hybridized carbons (Fsp3) is 0.368. The Kier molecular flexibility index (Phi) is 4.33. The molecule has 1 amide bonds. The largest absolute Gasteiger partial charge is 0.340 e. The van der Waals surface area contributed by atoms with Crippen molar-refractivity contribution in [3.05, 3.63) is 70.6 Å². The molecule has 0 saturated carbocycles. The first-order chi connectivity index (χ1) is 11.1. The molecule has 0 aliphatic carbocycles. The molecule has 3 rings (SSSR count). The zero-order valence-corrected chi connectivity index (χ0v) is 13.4. The van der Waals surface area contributed by atoms with Crippen molar-refractivity contribution < 1.29 is 4.79 Å². The molecular formula is C19H22N2O2. The van der Waals surface area contributed by atoms with Gasteiger partial charge in [-0.25, -0.2) is 0 Å². The van der Waals surface area contributed by atoms with Gasteiger partial charge >= 0.3 is 0 Å². The van der Waals surface area contributed by atoms with E-state index in [9.17, 15) is 9.59 Å². The number of amides is 1. The molecule has 2 aromatic rings. The highest BCUT2D eigenvalue weighted by Crippen LogP contribution is 2.33. The Morgan fingerprint density at radius 3 is 2.61 bits per heavy atom. The Bertz CT molecular complexity index is 738. The summed E-state index contributed by atoms with van der Waals surface area (Å²) in [5.74, 6) is 0.0140. The van der Waals surface area contributed by atoms with Crippen molar-refractivity contribution >= 4 is 5.91 Å². The van der Waals surface area contributed by atoms with Crippen LogP contribution >= 0.6 is 0 Å². The quantitative estimate of drug-likeness (QED) is 0.874. The van der Waals surface area contributed by atoms with E-state index in [0.29, 0.717) is 6.54 Å². The highest BCUT2D eigenvalue weighted by atomic mass is 16.2. The van der Waals surface area contributed by atoms with Crippen molar-refractivity contribution in [2.24, 2.45) is 0 Å². The fourth-order valence-corrected chi connectivity index (χ4v) is 3.37. The van der Waals surface area contributed by atoms with Crippen molar-refractivity contribution in [2.45, 2.75) is 31.7 Å². The molecule has 0 spiro atoms. The lowest BCUT2D eigenvalue weighted by Crippen LogP contribution is -2.48. The molecule has 1 atom stereocenters. The average molecular weight is 310 g/mol. The third-order valence-corrected chi connectivity index (χ3v) is 4.72. The minimum absolute atomic E-state index is 0.0140. The third-order valence-electron chi connectivity index (χ3n) is 4.72. The van der Waals surface area contributed by atoms with E-state index in [2.05, 4.69) is 19.1 Å². The van der Waals surface area contributed by atoms with Crippen LogP contribution in [0.3, 0.4) is 0 Å². The van der Waals surface area contributed by atoms with Crippen molar-refractivity contribution in [3.8, 4) is 0 Å². The summed E-state index contributed by atoms with van der Waals surface area (Å²) < 4.78 is 1.47. The van der Waals surface area contributed by atoms with Crippen LogP contribution in [-0.4, -0.2) is 28.5 Å². The summed E-state index contributed by atoms with van der Waals surface area (Å²) in [6.07, 6.45) is 3.73. The van der Waals surface area contributed by atoms with Gasteiger partial charge in [-0.05, 0) is 24.5 Å². The summed E-state index contributed by atoms with van der Waals surface area (Å²) in [5, 5.41) is 0. The van der Waals surface area contributed by atoms with Gasteiger partial charge in [-0.15, -0.1) is 0 Å². The number of benzene rings is 1. The van der Waals surface area contributed by atoms with Crippen LogP contribution in [0.4, 0.5) is 0 Å². The number of carbonyl (C=O) groups excluding carboxylic acids is 1. The van der Waals surface area contributed by atoms with Gasteiger partial charge in [0, 0.05) is 30.8 Å². The molecule has 4 nitrogen and oxygen atoms in total. The Morgan fingerprint density at radius 2 is 1.87 bits per heavy atom. The molecule has 1 saturated heterocycles. The molecule has 1 unspecified atom stereocenters. The van der Waals surface area contributed by atoms with Crippen LogP contribution in [0, 0.1) is 0 Å². The lowest BCUT2D eigenvalue weighted by atomic mass is 9.76. The molecule has 1 aromatic heterocycles. The molecule has 23 heavy (non-hydrogen) atoms. The van der Waals surface area contributed by atoms with Gasteiger partial charge in [0.1, 0.15) is 6.54 Å². The van der Waals surface area contributed by atoms with Gasteiger partial charge in [0.05, 0.1) is 0 Å². The average Bonchev–Trinajstić information content (AvgIpc) is 2.58. The summed E-state index contributed by atoms with van der Waals surface area (Å²) in [5.41, 5.74) is 1.12. The molecule has 0 radical (unpaired) electrons. The second-order valence-electron chi connectivity index (χ2n) is 6.51. The van der Waals surface area contributed by atoms with E-state index >= 15 is 0 Å². The number of piperidine rings is 1. The van der Waals surface area contributed by atoms with Crippen molar-refractivity contribution in [3.63, 3.8) is 0 Å². The van der Waals surface area contributed by atoms with Gasteiger partial charge in [0.15, 0.2) is 0 Å². The topological polar surface area (TPSA) is 42.3 Å². The monoisotopic (exact) mass is 310 g/mol. The van der Waals surface area contributed by atoms with Crippen LogP contribution < -0.4 is 5.56 Å². The van der Waals surface area contributed by atoms with Gasteiger partial charge in [0.25, 0.3) is 5.56 Å². The number of hydrogen-bond donors (Lipinski definition) is 0. The molecule has 2 heterocycles. The summed E-state index contributed by atoms with van der Waals surface area (Å²) in [6, 6.07) is 15.3. The predicted octanol–water partition coefficient (Wildman–Crippen LogP) is 2.43. The van der Waals surface area contributed by atoms with Gasteiger partial charge in [0.2, 0.25) is 5.91 Å². The van der Waals surface area contributed by atoms with E-state index in [1.54, 1.807) is 18.3 Å².